The Morgan fingerprint density at radius 2 is 1.90 bits per heavy atom. The van der Waals surface area contributed by atoms with Gasteiger partial charge in [0.25, 0.3) is 0 Å². The molecule has 0 aliphatic rings. The fourth-order valence-corrected chi connectivity index (χ4v) is 2.02. The van der Waals surface area contributed by atoms with Crippen molar-refractivity contribution < 1.29 is 5.11 Å². The van der Waals surface area contributed by atoms with E-state index >= 15 is 0 Å². The molecule has 0 spiro atoms. The van der Waals surface area contributed by atoms with Crippen LogP contribution in [0.3, 0.4) is 0 Å². The van der Waals surface area contributed by atoms with Crippen molar-refractivity contribution in [3.05, 3.63) is 53.9 Å². The number of hydrogen-bond acceptors (Lipinski definition) is 5. The Bertz CT molecular complexity index is 829. The van der Waals surface area contributed by atoms with Crippen LogP contribution in [-0.2, 0) is 0 Å². The molecule has 5 heteroatoms. The first-order chi connectivity index (χ1) is 10.1. The van der Waals surface area contributed by atoms with Crippen LogP contribution in [0.4, 0.5) is 11.5 Å². The lowest BCUT2D eigenvalue weighted by Gasteiger charge is -2.06. The number of phenolic OH excluding ortho intramolecular Hbond substituents is 1. The van der Waals surface area contributed by atoms with Gasteiger partial charge in [0, 0.05) is 17.3 Å². The first-order valence-electron chi connectivity index (χ1n) is 6.58. The Balaban J connectivity index is 2.13. The lowest BCUT2D eigenvalue weighted by Crippen LogP contribution is -1.89. The van der Waals surface area contributed by atoms with Gasteiger partial charge >= 0.3 is 0 Å². The van der Waals surface area contributed by atoms with Gasteiger partial charge in [0.15, 0.2) is 5.82 Å². The third-order valence-corrected chi connectivity index (χ3v) is 3.29. The van der Waals surface area contributed by atoms with Crippen molar-refractivity contribution in [2.75, 3.05) is 0 Å². The van der Waals surface area contributed by atoms with Crippen LogP contribution in [0.25, 0.3) is 10.9 Å². The Morgan fingerprint density at radius 1 is 1.05 bits per heavy atom. The summed E-state index contributed by atoms with van der Waals surface area (Å²) in [5.41, 5.74) is 3.17. The predicted octanol–water partition coefficient (Wildman–Crippen LogP) is 4.37. The summed E-state index contributed by atoms with van der Waals surface area (Å²) >= 11 is 0. The summed E-state index contributed by atoms with van der Waals surface area (Å²) in [6, 6.07) is 10.7. The molecule has 0 saturated carbocycles. The first kappa shape index (κ1) is 13.2. The van der Waals surface area contributed by atoms with Crippen molar-refractivity contribution in [3.8, 4) is 5.75 Å². The molecule has 2 aromatic heterocycles. The van der Waals surface area contributed by atoms with Crippen molar-refractivity contribution in [1.29, 1.82) is 0 Å². The molecule has 0 saturated heterocycles. The van der Waals surface area contributed by atoms with Gasteiger partial charge in [0.2, 0.25) is 0 Å². The predicted molar refractivity (Wildman–Crippen MR) is 81.3 cm³/mol. The maximum atomic E-state index is 9.97. The van der Waals surface area contributed by atoms with E-state index < -0.39 is 0 Å². The minimum Gasteiger partial charge on any atom is -0.507 e. The van der Waals surface area contributed by atoms with Gasteiger partial charge in [0.05, 0.1) is 0 Å². The van der Waals surface area contributed by atoms with Crippen molar-refractivity contribution in [2.45, 2.75) is 13.8 Å². The number of nitrogens with zero attached hydrogens (tertiary/aromatic N) is 4. The fourth-order valence-electron chi connectivity index (χ4n) is 2.02. The molecule has 3 aromatic rings. The molecule has 2 heterocycles. The van der Waals surface area contributed by atoms with Gasteiger partial charge in [-0.05, 0) is 49.7 Å². The summed E-state index contributed by atoms with van der Waals surface area (Å²) in [4.78, 5) is 8.61. The van der Waals surface area contributed by atoms with Crippen molar-refractivity contribution in [1.82, 2.24) is 9.97 Å². The second kappa shape index (κ2) is 5.28. The second-order valence-corrected chi connectivity index (χ2v) is 4.78. The van der Waals surface area contributed by atoms with Crippen molar-refractivity contribution in [3.63, 3.8) is 0 Å². The van der Waals surface area contributed by atoms with Gasteiger partial charge in [-0.15, -0.1) is 10.2 Å². The van der Waals surface area contributed by atoms with Crippen LogP contribution in [-0.4, -0.2) is 15.1 Å². The van der Waals surface area contributed by atoms with Gasteiger partial charge in [-0.25, -0.2) is 4.98 Å². The lowest BCUT2D eigenvalue weighted by molar-refractivity contribution is 0.481. The highest BCUT2D eigenvalue weighted by Crippen LogP contribution is 2.33. The maximum Gasteiger partial charge on any atom is 0.174 e. The molecule has 0 unspecified atom stereocenters. The number of aromatic hydroxyl groups is 1. The highest BCUT2D eigenvalue weighted by atomic mass is 16.3. The van der Waals surface area contributed by atoms with E-state index in [2.05, 4.69) is 20.2 Å². The molecule has 0 bridgehead atoms. The van der Waals surface area contributed by atoms with Crippen LogP contribution >= 0.6 is 0 Å². The van der Waals surface area contributed by atoms with Gasteiger partial charge in [-0.3, -0.25) is 4.98 Å². The quantitative estimate of drug-likeness (QED) is 0.707. The SMILES string of the molecule is Cc1cc2c(O)ccc(N=Nc3ccccn3)c2nc1C. The van der Waals surface area contributed by atoms with Gasteiger partial charge in [-0.2, -0.15) is 0 Å². The van der Waals surface area contributed by atoms with Crippen LogP contribution < -0.4 is 0 Å². The largest absolute Gasteiger partial charge is 0.507 e. The number of hydrogen-bond donors (Lipinski definition) is 1. The summed E-state index contributed by atoms with van der Waals surface area (Å²) in [6.07, 6.45) is 1.66. The monoisotopic (exact) mass is 278 g/mol. The van der Waals surface area contributed by atoms with Crippen LogP contribution in [0.5, 0.6) is 5.75 Å². The number of aromatic nitrogens is 2. The molecule has 104 valence electrons. The van der Waals surface area contributed by atoms with Crippen LogP contribution in [0.1, 0.15) is 11.3 Å². The zero-order chi connectivity index (χ0) is 14.8. The van der Waals surface area contributed by atoms with Gasteiger partial charge < -0.3 is 5.11 Å². The number of pyridine rings is 2. The number of azo groups is 1. The highest BCUT2D eigenvalue weighted by Gasteiger charge is 2.08. The summed E-state index contributed by atoms with van der Waals surface area (Å²) in [7, 11) is 0. The summed E-state index contributed by atoms with van der Waals surface area (Å²) in [5.74, 6) is 0.722. The Hall–Kier alpha value is -2.82. The zero-order valence-corrected chi connectivity index (χ0v) is 11.8. The summed E-state index contributed by atoms with van der Waals surface area (Å²) < 4.78 is 0. The number of aryl methyl sites for hydroxylation is 2. The molecule has 0 aliphatic heterocycles. The Kier molecular flexibility index (Phi) is 3.31. The first-order valence-corrected chi connectivity index (χ1v) is 6.58. The molecule has 1 N–H and O–H groups in total. The lowest BCUT2D eigenvalue weighted by atomic mass is 10.1. The maximum absolute atomic E-state index is 9.97. The van der Waals surface area contributed by atoms with E-state index in [1.807, 2.05) is 32.0 Å². The van der Waals surface area contributed by atoms with Crippen molar-refractivity contribution in [2.24, 2.45) is 10.2 Å². The standard InChI is InChI=1S/C16H14N4O/c1-10-9-12-14(21)7-6-13(16(12)18-11(10)2)19-20-15-5-3-4-8-17-15/h3-9,21H,1-2H3. The average molecular weight is 278 g/mol. The molecule has 0 atom stereocenters. The Morgan fingerprint density at radius 3 is 2.67 bits per heavy atom. The van der Waals surface area contributed by atoms with E-state index in [0.29, 0.717) is 22.4 Å². The van der Waals surface area contributed by atoms with Gasteiger partial charge in [-0.1, -0.05) is 6.07 Å². The van der Waals surface area contributed by atoms with Crippen LogP contribution in [0.15, 0.2) is 52.8 Å². The van der Waals surface area contributed by atoms with E-state index in [1.54, 1.807) is 24.4 Å². The molecule has 0 radical (unpaired) electrons. The second-order valence-electron chi connectivity index (χ2n) is 4.78. The molecule has 0 fully saturated rings. The highest BCUT2D eigenvalue weighted by molar-refractivity contribution is 5.93. The minimum absolute atomic E-state index is 0.192. The van der Waals surface area contributed by atoms with Crippen LogP contribution in [0.2, 0.25) is 0 Å². The van der Waals surface area contributed by atoms with E-state index in [4.69, 9.17) is 0 Å². The molecule has 21 heavy (non-hydrogen) atoms. The molecule has 1 aromatic carbocycles. The molecule has 3 rings (SSSR count). The van der Waals surface area contributed by atoms with Crippen molar-refractivity contribution >= 4 is 22.4 Å². The topological polar surface area (TPSA) is 70.7 Å². The normalized spacial score (nSPS) is 11.3. The molecule has 5 nitrogen and oxygen atoms in total. The number of benzene rings is 1. The average Bonchev–Trinajstić information content (AvgIpc) is 2.50. The summed E-state index contributed by atoms with van der Waals surface area (Å²) in [6.45, 7) is 3.89. The zero-order valence-electron chi connectivity index (χ0n) is 11.8. The van der Waals surface area contributed by atoms with E-state index in [0.717, 1.165) is 11.3 Å². The molecule has 0 amide bonds. The van der Waals surface area contributed by atoms with E-state index in [-0.39, 0.29) is 5.75 Å². The molecular weight excluding hydrogens is 264 g/mol. The van der Waals surface area contributed by atoms with E-state index in [1.165, 1.54) is 0 Å². The van der Waals surface area contributed by atoms with E-state index in [9.17, 15) is 5.11 Å². The van der Waals surface area contributed by atoms with Gasteiger partial charge in [0.1, 0.15) is 17.0 Å². The third kappa shape index (κ3) is 2.58. The number of phenols is 1. The number of fused-ring (bicyclic) bond motifs is 1. The smallest absolute Gasteiger partial charge is 0.174 e. The fraction of sp³-hybridized carbons (Fsp3) is 0.125. The Labute approximate surface area is 122 Å². The number of rotatable bonds is 2. The summed E-state index contributed by atoms with van der Waals surface area (Å²) in [5, 5.41) is 19.0. The molecule has 0 aliphatic carbocycles. The minimum atomic E-state index is 0.192. The molecular formula is C16H14N4O. The third-order valence-electron chi connectivity index (χ3n) is 3.29. The van der Waals surface area contributed by atoms with Crippen LogP contribution in [0, 0.1) is 13.8 Å².